The normalized spacial score (nSPS) is 20.1. The van der Waals surface area contributed by atoms with Crippen LogP contribution in [0.15, 0.2) is 60.7 Å². The first-order valence-electron chi connectivity index (χ1n) is 15.0. The lowest BCUT2D eigenvalue weighted by atomic mass is 10.0. The molecule has 0 bridgehead atoms. The van der Waals surface area contributed by atoms with E-state index in [0.717, 1.165) is 36.5 Å². The van der Waals surface area contributed by atoms with Crippen LogP contribution in [-0.2, 0) is 22.5 Å². The maximum atomic E-state index is 14.0. The van der Waals surface area contributed by atoms with Crippen LogP contribution in [0.4, 0.5) is 13.2 Å². The lowest BCUT2D eigenvalue weighted by molar-refractivity contribution is -0.151. The van der Waals surface area contributed by atoms with Gasteiger partial charge < -0.3 is 19.5 Å². The molecule has 230 valence electrons. The minimum atomic E-state index is -0.901. The second kappa shape index (κ2) is 13.8. The molecular weight excluding hydrogens is 557 g/mol. The number of hydrogen-bond donors (Lipinski definition) is 1. The predicted octanol–water partition coefficient (Wildman–Crippen LogP) is 5.88. The molecule has 1 N–H and O–H groups in total. The zero-order chi connectivity index (χ0) is 30.5. The van der Waals surface area contributed by atoms with Crippen LogP contribution in [0, 0.1) is 29.3 Å². The van der Waals surface area contributed by atoms with Gasteiger partial charge in [-0.25, -0.2) is 18.0 Å². The number of esters is 1. The number of piperidine rings is 1. The van der Waals surface area contributed by atoms with Gasteiger partial charge >= 0.3 is 5.97 Å². The van der Waals surface area contributed by atoms with Crippen molar-refractivity contribution >= 4 is 5.97 Å². The van der Waals surface area contributed by atoms with Crippen molar-refractivity contribution in [2.24, 2.45) is 11.8 Å². The molecule has 5 rings (SSSR count). The van der Waals surface area contributed by atoms with E-state index in [2.05, 4.69) is 19.2 Å². The molecule has 0 spiro atoms. The molecule has 0 amide bonds. The summed E-state index contributed by atoms with van der Waals surface area (Å²) in [6.07, 6.45) is -0.391. The zero-order valence-electron chi connectivity index (χ0n) is 24.8. The average molecular weight is 597 g/mol. The Morgan fingerprint density at radius 2 is 1.58 bits per heavy atom. The van der Waals surface area contributed by atoms with Crippen molar-refractivity contribution in [1.29, 1.82) is 0 Å². The van der Waals surface area contributed by atoms with Gasteiger partial charge in [-0.3, -0.25) is 4.90 Å². The topological polar surface area (TPSA) is 60.0 Å². The van der Waals surface area contributed by atoms with Crippen LogP contribution in [0.2, 0.25) is 0 Å². The van der Waals surface area contributed by atoms with Gasteiger partial charge in [0.05, 0.1) is 6.61 Å². The van der Waals surface area contributed by atoms with Crippen molar-refractivity contribution in [1.82, 2.24) is 10.2 Å². The van der Waals surface area contributed by atoms with Gasteiger partial charge in [0, 0.05) is 56.3 Å². The minimum Gasteiger partial charge on any atom is -0.492 e. The van der Waals surface area contributed by atoms with Crippen LogP contribution >= 0.6 is 0 Å². The van der Waals surface area contributed by atoms with E-state index in [1.807, 2.05) is 53.4 Å². The molecule has 9 heteroatoms. The number of likely N-dealkylation sites (tertiary alicyclic amines) is 1. The number of nitrogens with zero attached hydrogens (tertiary/aromatic N) is 1. The van der Waals surface area contributed by atoms with Crippen LogP contribution in [0.3, 0.4) is 0 Å². The fourth-order valence-corrected chi connectivity index (χ4v) is 5.83. The SMILES string of the molecule is CCOC(=O)[C@H](Cc1ccc(OCCNC2C3CN(Cc4c(F)cc(F)cc4F)C[C@@H]32)cc1)Oc1ccc(C(C)C)cc1. The van der Waals surface area contributed by atoms with Crippen LogP contribution in [0.25, 0.3) is 0 Å². The molecule has 1 aliphatic heterocycles. The van der Waals surface area contributed by atoms with Crippen LogP contribution in [0.1, 0.15) is 43.4 Å². The second-order valence-electron chi connectivity index (χ2n) is 11.6. The number of carbonyl (C=O) groups excluding carboxylic acids is 1. The summed E-state index contributed by atoms with van der Waals surface area (Å²) in [4.78, 5) is 14.6. The quantitative estimate of drug-likeness (QED) is 0.185. The number of hydrogen-bond acceptors (Lipinski definition) is 6. The Hall–Kier alpha value is -3.56. The van der Waals surface area contributed by atoms with Crippen molar-refractivity contribution in [2.45, 2.75) is 51.8 Å². The van der Waals surface area contributed by atoms with E-state index >= 15 is 0 Å². The largest absolute Gasteiger partial charge is 0.492 e. The number of benzene rings is 3. The summed E-state index contributed by atoms with van der Waals surface area (Å²) in [6, 6.07) is 17.2. The van der Waals surface area contributed by atoms with Gasteiger partial charge in [0.1, 0.15) is 35.6 Å². The Morgan fingerprint density at radius 1 is 0.953 bits per heavy atom. The van der Waals surface area contributed by atoms with Gasteiger partial charge in [-0.2, -0.15) is 0 Å². The van der Waals surface area contributed by atoms with Crippen LogP contribution < -0.4 is 14.8 Å². The number of carbonyl (C=O) groups is 1. The van der Waals surface area contributed by atoms with E-state index in [4.69, 9.17) is 14.2 Å². The second-order valence-corrected chi connectivity index (χ2v) is 11.6. The molecule has 0 aromatic heterocycles. The van der Waals surface area contributed by atoms with Gasteiger partial charge in [-0.05, 0) is 60.1 Å². The molecule has 1 saturated carbocycles. The van der Waals surface area contributed by atoms with E-state index < -0.39 is 29.5 Å². The van der Waals surface area contributed by atoms with E-state index in [1.54, 1.807) is 6.92 Å². The van der Waals surface area contributed by atoms with E-state index in [1.165, 1.54) is 5.56 Å². The Bertz CT molecular complexity index is 1350. The van der Waals surface area contributed by atoms with Gasteiger partial charge in [0.25, 0.3) is 0 Å². The Morgan fingerprint density at radius 3 is 2.19 bits per heavy atom. The van der Waals surface area contributed by atoms with Crippen molar-refractivity contribution < 1.29 is 32.2 Å². The molecule has 1 aliphatic carbocycles. The molecule has 1 heterocycles. The van der Waals surface area contributed by atoms with Crippen molar-refractivity contribution in [3.05, 3.63) is 94.8 Å². The highest BCUT2D eigenvalue weighted by molar-refractivity contribution is 5.75. The monoisotopic (exact) mass is 596 g/mol. The highest BCUT2D eigenvalue weighted by atomic mass is 19.1. The summed E-state index contributed by atoms with van der Waals surface area (Å²) in [5.41, 5.74) is 2.05. The first-order valence-corrected chi connectivity index (χ1v) is 15.0. The third-order valence-corrected chi connectivity index (χ3v) is 8.23. The maximum absolute atomic E-state index is 14.0. The molecular formula is C34H39F3N2O4. The average Bonchev–Trinajstić information content (AvgIpc) is 3.42. The van der Waals surface area contributed by atoms with Crippen LogP contribution in [-0.4, -0.2) is 55.9 Å². The predicted molar refractivity (Wildman–Crippen MR) is 158 cm³/mol. The minimum absolute atomic E-state index is 0.0769. The molecule has 3 aromatic rings. The number of fused-ring (bicyclic) bond motifs is 1. The summed E-state index contributed by atoms with van der Waals surface area (Å²) in [6.45, 7) is 9.13. The summed E-state index contributed by atoms with van der Waals surface area (Å²) in [7, 11) is 0. The standard InChI is InChI=1S/C34H39F3N2O4/c1-4-41-34(40)32(43-26-11-7-23(8-12-26)21(2)3)15-22-5-9-25(10-6-22)42-14-13-38-33-27-18-39(19-28(27)33)20-29-30(36)16-24(35)17-31(29)37/h5-12,16-17,21,27-28,32-33,38H,4,13-15,18-20H2,1-3H3/t27-,28?,32-,33?/m0/s1. The van der Waals surface area contributed by atoms with E-state index in [9.17, 15) is 18.0 Å². The van der Waals surface area contributed by atoms with Crippen molar-refractivity contribution in [3.8, 4) is 11.5 Å². The first kappa shape index (κ1) is 30.9. The highest BCUT2D eigenvalue weighted by Crippen LogP contribution is 2.46. The number of ether oxygens (including phenoxy) is 3. The van der Waals surface area contributed by atoms with E-state index in [0.29, 0.717) is 49.1 Å². The van der Waals surface area contributed by atoms with Crippen molar-refractivity contribution in [3.63, 3.8) is 0 Å². The lowest BCUT2D eigenvalue weighted by Gasteiger charge is -2.20. The number of nitrogens with one attached hydrogen (secondary N) is 1. The summed E-state index contributed by atoms with van der Waals surface area (Å²) in [5, 5.41) is 3.52. The fraction of sp³-hybridized carbons (Fsp3) is 0.441. The van der Waals surface area contributed by atoms with Gasteiger partial charge in [0.15, 0.2) is 6.10 Å². The summed E-state index contributed by atoms with van der Waals surface area (Å²) >= 11 is 0. The summed E-state index contributed by atoms with van der Waals surface area (Å²) < 4.78 is 58.3. The molecule has 43 heavy (non-hydrogen) atoms. The first-order chi connectivity index (χ1) is 20.7. The zero-order valence-corrected chi connectivity index (χ0v) is 24.8. The van der Waals surface area contributed by atoms with Crippen LogP contribution in [0.5, 0.6) is 11.5 Å². The Labute approximate surface area is 251 Å². The number of rotatable bonds is 14. The number of halogens is 3. The van der Waals surface area contributed by atoms with Gasteiger partial charge in [-0.1, -0.05) is 38.1 Å². The highest BCUT2D eigenvalue weighted by Gasteiger charge is 2.55. The third-order valence-electron chi connectivity index (χ3n) is 8.23. The fourth-order valence-electron chi connectivity index (χ4n) is 5.83. The summed E-state index contributed by atoms with van der Waals surface area (Å²) in [5.74, 6) is -0.331. The molecule has 1 saturated heterocycles. The third kappa shape index (κ3) is 7.89. The molecule has 0 radical (unpaired) electrons. The van der Waals surface area contributed by atoms with E-state index in [-0.39, 0.29) is 18.7 Å². The van der Waals surface area contributed by atoms with Crippen molar-refractivity contribution in [2.75, 3.05) is 32.8 Å². The van der Waals surface area contributed by atoms with Gasteiger partial charge in [-0.15, -0.1) is 0 Å². The molecule has 4 atom stereocenters. The smallest absolute Gasteiger partial charge is 0.347 e. The Balaban J connectivity index is 1.04. The molecule has 6 nitrogen and oxygen atoms in total. The molecule has 2 unspecified atom stereocenters. The van der Waals surface area contributed by atoms with Gasteiger partial charge in [0.2, 0.25) is 0 Å². The molecule has 2 fully saturated rings. The maximum Gasteiger partial charge on any atom is 0.347 e. The molecule has 2 aliphatic rings. The lowest BCUT2D eigenvalue weighted by Crippen LogP contribution is -2.33. The Kier molecular flexibility index (Phi) is 9.93. The molecule has 3 aromatic carbocycles.